The summed E-state index contributed by atoms with van der Waals surface area (Å²) in [6, 6.07) is 5.77. The van der Waals surface area contributed by atoms with Crippen molar-refractivity contribution in [3.63, 3.8) is 0 Å². The second kappa shape index (κ2) is 6.11. The first-order chi connectivity index (χ1) is 9.85. The van der Waals surface area contributed by atoms with Gasteiger partial charge in [0.15, 0.2) is 5.92 Å². The minimum Gasteiger partial charge on any atom is -0.481 e. The van der Waals surface area contributed by atoms with Crippen LogP contribution < -0.4 is 0 Å². The van der Waals surface area contributed by atoms with Gasteiger partial charge in [-0.25, -0.2) is 0 Å². The summed E-state index contributed by atoms with van der Waals surface area (Å²) >= 11 is 0. The Morgan fingerprint density at radius 1 is 0.955 bits per heavy atom. The third-order valence-electron chi connectivity index (χ3n) is 3.73. The molecule has 0 heterocycles. The molecular formula is C18H26O4. The van der Waals surface area contributed by atoms with E-state index in [1.165, 1.54) is 0 Å². The molecule has 0 bridgehead atoms. The monoisotopic (exact) mass is 306 g/mol. The molecule has 0 atom stereocenters. The second-order valence-electron chi connectivity index (χ2n) is 7.77. The molecule has 122 valence electrons. The molecular weight excluding hydrogens is 280 g/mol. The van der Waals surface area contributed by atoms with E-state index >= 15 is 0 Å². The van der Waals surface area contributed by atoms with E-state index in [0.717, 1.165) is 16.7 Å². The average molecular weight is 306 g/mol. The molecule has 0 radical (unpaired) electrons. The van der Waals surface area contributed by atoms with Gasteiger partial charge >= 0.3 is 11.9 Å². The van der Waals surface area contributed by atoms with Crippen LogP contribution in [0, 0.1) is 5.92 Å². The fourth-order valence-electron chi connectivity index (χ4n) is 2.78. The molecule has 0 aliphatic rings. The molecule has 0 saturated heterocycles. The van der Waals surface area contributed by atoms with E-state index in [9.17, 15) is 9.59 Å². The third kappa shape index (κ3) is 4.09. The van der Waals surface area contributed by atoms with Gasteiger partial charge < -0.3 is 10.2 Å². The Hall–Kier alpha value is -1.84. The molecule has 0 amide bonds. The molecule has 22 heavy (non-hydrogen) atoms. The normalized spacial score (nSPS) is 12.5. The Kier molecular flexibility index (Phi) is 5.06. The number of aliphatic carboxylic acids is 2. The van der Waals surface area contributed by atoms with Crippen molar-refractivity contribution in [1.29, 1.82) is 0 Å². The van der Waals surface area contributed by atoms with Crippen molar-refractivity contribution in [2.45, 2.75) is 58.8 Å². The van der Waals surface area contributed by atoms with Crippen molar-refractivity contribution >= 4 is 11.9 Å². The quantitative estimate of drug-likeness (QED) is 0.833. The van der Waals surface area contributed by atoms with Crippen LogP contribution in [0.4, 0.5) is 0 Å². The van der Waals surface area contributed by atoms with Crippen molar-refractivity contribution < 1.29 is 19.8 Å². The number of hydrogen-bond acceptors (Lipinski definition) is 2. The summed E-state index contributed by atoms with van der Waals surface area (Å²) in [6.07, 6.45) is 0.00118. The van der Waals surface area contributed by atoms with Crippen LogP contribution in [0.3, 0.4) is 0 Å². The van der Waals surface area contributed by atoms with Gasteiger partial charge in [0.2, 0.25) is 0 Å². The Morgan fingerprint density at radius 2 is 1.45 bits per heavy atom. The molecule has 0 spiro atoms. The Labute approximate surface area is 132 Å². The topological polar surface area (TPSA) is 74.6 Å². The maximum absolute atomic E-state index is 11.2. The number of rotatable bonds is 4. The molecule has 2 N–H and O–H groups in total. The van der Waals surface area contributed by atoms with Crippen LogP contribution in [-0.4, -0.2) is 22.2 Å². The average Bonchev–Trinajstić information content (AvgIpc) is 2.32. The number of carboxylic acid groups (broad SMARTS) is 2. The Morgan fingerprint density at radius 3 is 1.82 bits per heavy atom. The van der Waals surface area contributed by atoms with E-state index in [-0.39, 0.29) is 17.3 Å². The standard InChI is InChI=1S/C18H26O4/c1-17(2,3)13-9-7-8-11(14(13)18(4,5)6)10-12(15(19)20)16(21)22/h7-9,12H,10H2,1-6H3,(H,19,20)(H,21,22). The number of carbonyl (C=O) groups is 2. The zero-order valence-electron chi connectivity index (χ0n) is 14.2. The summed E-state index contributed by atoms with van der Waals surface area (Å²) in [6.45, 7) is 12.5. The first kappa shape index (κ1) is 18.2. The molecule has 4 nitrogen and oxygen atoms in total. The SMILES string of the molecule is CC(C)(C)c1cccc(CC(C(=O)O)C(=O)O)c1C(C)(C)C. The zero-order chi connectivity index (χ0) is 17.3. The summed E-state index contributed by atoms with van der Waals surface area (Å²) in [4.78, 5) is 22.4. The van der Waals surface area contributed by atoms with E-state index in [1.54, 1.807) is 0 Å². The highest BCUT2D eigenvalue weighted by Gasteiger charge is 2.32. The summed E-state index contributed by atoms with van der Waals surface area (Å²) in [5, 5.41) is 18.3. The lowest BCUT2D eigenvalue weighted by Crippen LogP contribution is -2.29. The fourth-order valence-corrected chi connectivity index (χ4v) is 2.78. The lowest BCUT2D eigenvalue weighted by molar-refractivity contribution is -0.154. The summed E-state index contributed by atoms with van der Waals surface area (Å²) < 4.78 is 0. The molecule has 1 aromatic rings. The lowest BCUT2D eigenvalue weighted by Gasteiger charge is -2.32. The van der Waals surface area contributed by atoms with Gasteiger partial charge in [0, 0.05) is 0 Å². The van der Waals surface area contributed by atoms with Crippen LogP contribution in [0.5, 0.6) is 0 Å². The first-order valence-corrected chi connectivity index (χ1v) is 7.44. The highest BCUT2D eigenvalue weighted by Crippen LogP contribution is 2.37. The van der Waals surface area contributed by atoms with Crippen molar-refractivity contribution in [1.82, 2.24) is 0 Å². The minimum absolute atomic E-state index is 0.00118. The molecule has 4 heteroatoms. The van der Waals surface area contributed by atoms with E-state index in [4.69, 9.17) is 10.2 Å². The highest BCUT2D eigenvalue weighted by molar-refractivity contribution is 5.93. The molecule has 0 aliphatic heterocycles. The van der Waals surface area contributed by atoms with Crippen LogP contribution in [0.2, 0.25) is 0 Å². The van der Waals surface area contributed by atoms with E-state index in [0.29, 0.717) is 0 Å². The zero-order valence-corrected chi connectivity index (χ0v) is 14.2. The van der Waals surface area contributed by atoms with E-state index < -0.39 is 17.9 Å². The van der Waals surface area contributed by atoms with Gasteiger partial charge in [0.05, 0.1) is 0 Å². The van der Waals surface area contributed by atoms with Crippen LogP contribution in [0.1, 0.15) is 58.2 Å². The van der Waals surface area contributed by atoms with Gasteiger partial charge in [-0.1, -0.05) is 59.7 Å². The van der Waals surface area contributed by atoms with E-state index in [1.807, 2.05) is 18.2 Å². The van der Waals surface area contributed by atoms with Crippen LogP contribution in [0.25, 0.3) is 0 Å². The molecule has 0 aromatic heterocycles. The number of benzene rings is 1. The van der Waals surface area contributed by atoms with Gasteiger partial charge in [-0.3, -0.25) is 9.59 Å². The predicted octanol–water partition coefficient (Wildman–Crippen LogP) is 3.61. The maximum atomic E-state index is 11.2. The fraction of sp³-hybridized carbons (Fsp3) is 0.556. The largest absolute Gasteiger partial charge is 0.481 e. The highest BCUT2D eigenvalue weighted by atomic mass is 16.4. The lowest BCUT2D eigenvalue weighted by atomic mass is 9.72. The van der Waals surface area contributed by atoms with Crippen LogP contribution in [-0.2, 0) is 26.8 Å². The van der Waals surface area contributed by atoms with E-state index in [2.05, 4.69) is 41.5 Å². The van der Waals surface area contributed by atoms with Crippen molar-refractivity contribution in [3.8, 4) is 0 Å². The third-order valence-corrected chi connectivity index (χ3v) is 3.73. The Bertz CT molecular complexity index is 560. The molecule has 0 fully saturated rings. The number of hydrogen-bond donors (Lipinski definition) is 2. The summed E-state index contributed by atoms with van der Waals surface area (Å²) in [5.41, 5.74) is 2.69. The molecule has 1 rings (SSSR count). The van der Waals surface area contributed by atoms with Gasteiger partial charge in [-0.2, -0.15) is 0 Å². The van der Waals surface area contributed by atoms with Crippen molar-refractivity contribution in [2.24, 2.45) is 5.92 Å². The smallest absolute Gasteiger partial charge is 0.318 e. The Balaban J connectivity index is 3.49. The summed E-state index contributed by atoms with van der Waals surface area (Å²) in [7, 11) is 0. The maximum Gasteiger partial charge on any atom is 0.318 e. The van der Waals surface area contributed by atoms with Crippen LogP contribution in [0.15, 0.2) is 18.2 Å². The van der Waals surface area contributed by atoms with Gasteiger partial charge in [-0.15, -0.1) is 0 Å². The second-order valence-corrected chi connectivity index (χ2v) is 7.77. The molecule has 0 aliphatic carbocycles. The summed E-state index contributed by atoms with van der Waals surface area (Å²) in [5.74, 6) is -4.02. The van der Waals surface area contributed by atoms with Gasteiger partial charge in [0.1, 0.15) is 0 Å². The number of carboxylic acids is 2. The van der Waals surface area contributed by atoms with Crippen LogP contribution >= 0.6 is 0 Å². The van der Waals surface area contributed by atoms with Gasteiger partial charge in [0.25, 0.3) is 0 Å². The molecule has 0 unspecified atom stereocenters. The first-order valence-electron chi connectivity index (χ1n) is 7.44. The minimum atomic E-state index is -1.42. The molecule has 0 saturated carbocycles. The predicted molar refractivity (Wildman–Crippen MR) is 86.3 cm³/mol. The van der Waals surface area contributed by atoms with Crippen molar-refractivity contribution in [2.75, 3.05) is 0 Å². The van der Waals surface area contributed by atoms with Crippen molar-refractivity contribution in [3.05, 3.63) is 34.9 Å². The van der Waals surface area contributed by atoms with Gasteiger partial charge in [-0.05, 0) is 33.9 Å². The molecule has 1 aromatic carbocycles.